The van der Waals surface area contributed by atoms with Crippen molar-refractivity contribution in [3.05, 3.63) is 21.9 Å². The zero-order valence-corrected chi connectivity index (χ0v) is 12.4. The largest absolute Gasteiger partial charge is 0.336 e. The number of nitrogens with zero attached hydrogens (tertiary/aromatic N) is 3. The molecule has 0 radical (unpaired) electrons. The van der Waals surface area contributed by atoms with E-state index in [0.717, 1.165) is 5.75 Å². The van der Waals surface area contributed by atoms with Crippen LogP contribution in [0.4, 0.5) is 0 Å². The third kappa shape index (κ3) is 3.08. The van der Waals surface area contributed by atoms with Gasteiger partial charge < -0.3 is 4.90 Å². The van der Waals surface area contributed by atoms with Crippen molar-refractivity contribution in [3.8, 4) is 0 Å². The molecule has 1 amide bonds. The molecule has 0 saturated carbocycles. The van der Waals surface area contributed by atoms with Crippen molar-refractivity contribution in [2.75, 3.05) is 18.8 Å². The molecule has 0 bridgehead atoms. The summed E-state index contributed by atoms with van der Waals surface area (Å²) in [7, 11) is 0. The third-order valence-corrected chi connectivity index (χ3v) is 4.42. The van der Waals surface area contributed by atoms with E-state index in [4.69, 9.17) is 23.2 Å². The summed E-state index contributed by atoms with van der Waals surface area (Å²) in [4.78, 5) is 14.2. The highest BCUT2D eigenvalue weighted by atomic mass is 35.5. The number of thioether (sulfide) groups is 1. The lowest BCUT2D eigenvalue weighted by molar-refractivity contribution is 0.0747. The van der Waals surface area contributed by atoms with Crippen LogP contribution < -0.4 is 0 Å². The molecule has 1 saturated heterocycles. The van der Waals surface area contributed by atoms with Gasteiger partial charge in [0.05, 0.1) is 5.56 Å². The number of carbonyl (C=O) groups is 1. The van der Waals surface area contributed by atoms with Crippen molar-refractivity contribution in [3.63, 3.8) is 0 Å². The first-order chi connectivity index (χ1) is 8.39. The summed E-state index contributed by atoms with van der Waals surface area (Å²) in [5.74, 6) is 0.785. The minimum atomic E-state index is -0.134. The van der Waals surface area contributed by atoms with Gasteiger partial charge in [-0.25, -0.2) is 0 Å². The van der Waals surface area contributed by atoms with Gasteiger partial charge in [0, 0.05) is 23.6 Å². The Morgan fingerprint density at radius 3 is 2.83 bits per heavy atom. The maximum atomic E-state index is 12.4. The molecule has 0 unspecified atom stereocenters. The second-order valence-electron chi connectivity index (χ2n) is 4.71. The van der Waals surface area contributed by atoms with E-state index in [-0.39, 0.29) is 21.0 Å². The second kappa shape index (κ2) is 5.23. The highest BCUT2D eigenvalue weighted by Crippen LogP contribution is 2.30. The van der Waals surface area contributed by atoms with E-state index in [1.807, 2.05) is 11.8 Å². The normalized spacial score (nSPS) is 18.8. The molecule has 1 aromatic rings. The van der Waals surface area contributed by atoms with E-state index < -0.39 is 0 Å². The summed E-state index contributed by atoms with van der Waals surface area (Å²) in [5.41, 5.74) is 0.319. The van der Waals surface area contributed by atoms with Crippen LogP contribution in [-0.4, -0.2) is 44.6 Å². The fraction of sp³-hybridized carbons (Fsp3) is 0.545. The van der Waals surface area contributed by atoms with Crippen LogP contribution in [0.1, 0.15) is 24.2 Å². The molecule has 0 N–H and O–H groups in total. The van der Waals surface area contributed by atoms with Gasteiger partial charge in [-0.3, -0.25) is 4.79 Å². The van der Waals surface area contributed by atoms with Crippen molar-refractivity contribution < 1.29 is 4.79 Å². The highest BCUT2D eigenvalue weighted by molar-refractivity contribution is 8.00. The number of rotatable bonds is 1. The summed E-state index contributed by atoms with van der Waals surface area (Å²) >= 11 is 13.5. The first-order valence-corrected chi connectivity index (χ1v) is 7.25. The topological polar surface area (TPSA) is 46.1 Å². The Hall–Kier alpha value is -0.520. The molecule has 0 aliphatic carbocycles. The maximum Gasteiger partial charge on any atom is 0.257 e. The van der Waals surface area contributed by atoms with Gasteiger partial charge in [-0.15, -0.1) is 10.2 Å². The fourth-order valence-corrected chi connectivity index (χ4v) is 3.29. The van der Waals surface area contributed by atoms with Crippen molar-refractivity contribution in [1.29, 1.82) is 0 Å². The van der Waals surface area contributed by atoms with Crippen molar-refractivity contribution in [1.82, 2.24) is 15.1 Å². The maximum absolute atomic E-state index is 12.4. The Morgan fingerprint density at radius 1 is 1.44 bits per heavy atom. The Bertz CT molecular complexity index is 481. The van der Waals surface area contributed by atoms with Gasteiger partial charge in [-0.2, -0.15) is 11.8 Å². The molecule has 98 valence electrons. The molecular weight excluding hydrogens is 293 g/mol. The van der Waals surface area contributed by atoms with Gasteiger partial charge in [0.15, 0.2) is 10.3 Å². The van der Waals surface area contributed by atoms with Gasteiger partial charge >= 0.3 is 0 Å². The van der Waals surface area contributed by atoms with Crippen molar-refractivity contribution in [2.45, 2.75) is 18.6 Å². The molecule has 0 atom stereocenters. The third-order valence-electron chi connectivity index (χ3n) is 2.66. The van der Waals surface area contributed by atoms with Crippen molar-refractivity contribution >= 4 is 40.9 Å². The quantitative estimate of drug-likeness (QED) is 0.800. The molecule has 2 heterocycles. The Kier molecular flexibility index (Phi) is 4.04. The average Bonchev–Trinajstić information content (AvgIpc) is 2.30. The van der Waals surface area contributed by atoms with Crippen LogP contribution in [0.5, 0.6) is 0 Å². The van der Waals surface area contributed by atoms with Crippen LogP contribution in [0.2, 0.25) is 10.3 Å². The molecule has 1 aliphatic heterocycles. The zero-order chi connectivity index (χ0) is 13.3. The summed E-state index contributed by atoms with van der Waals surface area (Å²) in [6.45, 7) is 5.64. The number of amides is 1. The minimum absolute atomic E-state index is 0.0602. The van der Waals surface area contributed by atoms with Crippen LogP contribution in [0.15, 0.2) is 6.07 Å². The van der Waals surface area contributed by atoms with E-state index in [2.05, 4.69) is 24.0 Å². The molecule has 7 heteroatoms. The lowest BCUT2D eigenvalue weighted by atomic mass is 10.1. The van der Waals surface area contributed by atoms with E-state index in [0.29, 0.717) is 18.7 Å². The SMILES string of the molecule is CC1(C)CN(C(=O)c2cc(Cl)nnc2Cl)CCS1. The number of aromatic nitrogens is 2. The molecule has 0 spiro atoms. The summed E-state index contributed by atoms with van der Waals surface area (Å²) in [6, 6.07) is 1.47. The molecule has 1 aliphatic rings. The average molecular weight is 306 g/mol. The lowest BCUT2D eigenvalue weighted by Gasteiger charge is -2.37. The van der Waals surface area contributed by atoms with Crippen LogP contribution in [0, 0.1) is 0 Å². The summed E-state index contributed by atoms with van der Waals surface area (Å²) in [6.07, 6.45) is 0. The van der Waals surface area contributed by atoms with E-state index in [1.54, 1.807) is 4.90 Å². The molecule has 0 aromatic carbocycles. The Balaban J connectivity index is 2.23. The van der Waals surface area contributed by atoms with Crippen LogP contribution in [0.25, 0.3) is 0 Å². The Labute approximate surface area is 120 Å². The lowest BCUT2D eigenvalue weighted by Crippen LogP contribution is -2.46. The van der Waals surface area contributed by atoms with Gasteiger partial charge in [0.1, 0.15) is 0 Å². The van der Waals surface area contributed by atoms with Gasteiger partial charge in [0.2, 0.25) is 0 Å². The predicted molar refractivity (Wildman–Crippen MR) is 74.5 cm³/mol. The van der Waals surface area contributed by atoms with Crippen LogP contribution >= 0.6 is 35.0 Å². The first-order valence-electron chi connectivity index (χ1n) is 5.51. The summed E-state index contributed by atoms with van der Waals surface area (Å²) in [5, 5.41) is 7.54. The van der Waals surface area contributed by atoms with E-state index in [9.17, 15) is 4.79 Å². The molecular formula is C11H13Cl2N3OS. The van der Waals surface area contributed by atoms with Crippen LogP contribution in [0.3, 0.4) is 0 Å². The molecule has 1 fully saturated rings. The van der Waals surface area contributed by atoms with Gasteiger partial charge in [0.25, 0.3) is 5.91 Å². The fourth-order valence-electron chi connectivity index (χ4n) is 1.86. The predicted octanol–water partition coefficient (Wildman–Crippen LogP) is 2.75. The van der Waals surface area contributed by atoms with Crippen molar-refractivity contribution in [2.24, 2.45) is 0 Å². The monoisotopic (exact) mass is 305 g/mol. The first kappa shape index (κ1) is 13.9. The number of hydrogen-bond donors (Lipinski definition) is 0. The number of hydrogen-bond acceptors (Lipinski definition) is 4. The smallest absolute Gasteiger partial charge is 0.257 e. The zero-order valence-electron chi connectivity index (χ0n) is 10.1. The van der Waals surface area contributed by atoms with Gasteiger partial charge in [-0.1, -0.05) is 23.2 Å². The van der Waals surface area contributed by atoms with Crippen LogP contribution in [-0.2, 0) is 0 Å². The molecule has 1 aromatic heterocycles. The molecule has 18 heavy (non-hydrogen) atoms. The number of halogens is 2. The van der Waals surface area contributed by atoms with E-state index in [1.165, 1.54) is 6.07 Å². The minimum Gasteiger partial charge on any atom is -0.336 e. The second-order valence-corrected chi connectivity index (χ2v) is 7.25. The van der Waals surface area contributed by atoms with Gasteiger partial charge in [-0.05, 0) is 19.9 Å². The standard InChI is InChI=1S/C11H13Cl2N3OS/c1-11(2)6-16(3-4-18-11)10(17)7-5-8(12)14-15-9(7)13/h5H,3-4,6H2,1-2H3. The van der Waals surface area contributed by atoms with E-state index >= 15 is 0 Å². The molecule has 2 rings (SSSR count). The number of carbonyl (C=O) groups excluding carboxylic acids is 1. The summed E-state index contributed by atoms with van der Waals surface area (Å²) < 4.78 is 0.0602. The Morgan fingerprint density at radius 2 is 2.17 bits per heavy atom. The molecule has 4 nitrogen and oxygen atoms in total. The highest BCUT2D eigenvalue weighted by Gasteiger charge is 2.31.